The fraction of sp³-hybridized carbons (Fsp3) is 0.529. The molecular weight excluding hydrogens is 310 g/mol. The average molecular weight is 335 g/mol. The molecule has 0 bridgehead atoms. The van der Waals surface area contributed by atoms with Crippen LogP contribution >= 0.6 is 0 Å². The molecule has 24 heavy (non-hydrogen) atoms. The molecule has 2 rings (SSSR count). The van der Waals surface area contributed by atoms with E-state index in [4.69, 9.17) is 4.42 Å². The van der Waals surface area contributed by atoms with Crippen LogP contribution in [0.2, 0.25) is 0 Å². The summed E-state index contributed by atoms with van der Waals surface area (Å²) in [5.41, 5.74) is 1.56. The van der Waals surface area contributed by atoms with Gasteiger partial charge < -0.3 is 20.2 Å². The predicted octanol–water partition coefficient (Wildman–Crippen LogP) is 2.44. The van der Waals surface area contributed by atoms with Crippen LogP contribution in [0.1, 0.15) is 33.1 Å². The van der Waals surface area contributed by atoms with Gasteiger partial charge in [0.1, 0.15) is 0 Å². The third-order valence-corrected chi connectivity index (χ3v) is 4.82. The van der Waals surface area contributed by atoms with E-state index in [-0.39, 0.29) is 18.1 Å². The van der Waals surface area contributed by atoms with Gasteiger partial charge in [-0.25, -0.2) is 9.59 Å². The Kier molecular flexibility index (Phi) is 5.66. The third kappa shape index (κ3) is 3.79. The molecule has 0 atom stereocenters. The smallest absolute Gasteiger partial charge is 0.408 e. The number of hydrogen-bond acceptors (Lipinski definition) is 4. The van der Waals surface area contributed by atoms with E-state index >= 15 is 0 Å². The van der Waals surface area contributed by atoms with Crippen molar-refractivity contribution in [2.75, 3.05) is 18.5 Å². The lowest BCUT2D eigenvalue weighted by Gasteiger charge is -2.31. The number of benzene rings is 1. The molecule has 132 valence electrons. The average Bonchev–Trinajstić information content (AvgIpc) is 2.85. The fourth-order valence-corrected chi connectivity index (χ4v) is 2.83. The van der Waals surface area contributed by atoms with Crippen LogP contribution < -0.4 is 16.4 Å². The maximum Gasteiger partial charge on any atom is 0.419 e. The summed E-state index contributed by atoms with van der Waals surface area (Å²) in [6.45, 7) is 4.72. The van der Waals surface area contributed by atoms with E-state index < -0.39 is 5.76 Å². The first-order valence-electron chi connectivity index (χ1n) is 8.20. The highest BCUT2D eigenvalue weighted by atomic mass is 16.4. The Labute approximate surface area is 140 Å². The third-order valence-electron chi connectivity index (χ3n) is 4.82. The van der Waals surface area contributed by atoms with Crippen LogP contribution in [0.3, 0.4) is 0 Å². The van der Waals surface area contributed by atoms with E-state index in [2.05, 4.69) is 24.5 Å². The molecule has 2 aromatic rings. The number of anilines is 1. The molecule has 0 unspecified atom stereocenters. The van der Waals surface area contributed by atoms with E-state index in [0.717, 1.165) is 12.8 Å². The summed E-state index contributed by atoms with van der Waals surface area (Å²) in [5.74, 6) is -0.439. The van der Waals surface area contributed by atoms with Crippen LogP contribution in [0.15, 0.2) is 27.4 Å². The summed E-state index contributed by atoms with van der Waals surface area (Å²) >= 11 is 0. The van der Waals surface area contributed by atoms with Crippen molar-refractivity contribution in [3.05, 3.63) is 28.7 Å². The quantitative estimate of drug-likeness (QED) is 0.724. The van der Waals surface area contributed by atoms with Crippen LogP contribution in [-0.2, 0) is 7.05 Å². The predicted molar refractivity (Wildman–Crippen MR) is 93.2 cm³/mol. The van der Waals surface area contributed by atoms with E-state index in [1.54, 1.807) is 25.2 Å². The van der Waals surface area contributed by atoms with E-state index in [1.165, 1.54) is 4.57 Å². The van der Waals surface area contributed by atoms with E-state index in [9.17, 15) is 14.7 Å². The van der Waals surface area contributed by atoms with Crippen molar-refractivity contribution in [3.63, 3.8) is 0 Å². The van der Waals surface area contributed by atoms with Crippen LogP contribution in [0.5, 0.6) is 0 Å². The Morgan fingerprint density at radius 1 is 1.33 bits per heavy atom. The molecule has 1 aromatic carbocycles. The fourth-order valence-electron chi connectivity index (χ4n) is 2.83. The molecule has 7 heteroatoms. The van der Waals surface area contributed by atoms with Gasteiger partial charge in [-0.2, -0.15) is 0 Å². The van der Waals surface area contributed by atoms with E-state index in [1.807, 2.05) is 0 Å². The minimum Gasteiger partial charge on any atom is -0.408 e. The zero-order valence-corrected chi connectivity index (χ0v) is 14.4. The number of urea groups is 1. The Hall–Kier alpha value is -2.28. The molecule has 1 aromatic heterocycles. The van der Waals surface area contributed by atoms with Gasteiger partial charge in [-0.05, 0) is 36.8 Å². The minimum absolute atomic E-state index is 0.0950. The zero-order chi connectivity index (χ0) is 17.7. The summed E-state index contributed by atoms with van der Waals surface area (Å²) in [5, 5.41) is 14.8. The largest absolute Gasteiger partial charge is 0.419 e. The summed E-state index contributed by atoms with van der Waals surface area (Å²) < 4.78 is 6.52. The second kappa shape index (κ2) is 7.53. The SMILES string of the molecule is CCC(CC)(CCO)CNC(=O)Nc1ccc2c(c1)oc(=O)n2C. The van der Waals surface area contributed by atoms with Gasteiger partial charge in [-0.1, -0.05) is 13.8 Å². The van der Waals surface area contributed by atoms with Gasteiger partial charge >= 0.3 is 11.8 Å². The molecule has 0 aliphatic heterocycles. The van der Waals surface area contributed by atoms with Crippen molar-refractivity contribution >= 4 is 22.8 Å². The van der Waals surface area contributed by atoms with Gasteiger partial charge in [-0.15, -0.1) is 0 Å². The second-order valence-corrected chi connectivity index (χ2v) is 6.10. The molecule has 0 saturated heterocycles. The summed E-state index contributed by atoms with van der Waals surface area (Å²) in [6, 6.07) is 4.75. The van der Waals surface area contributed by atoms with Crippen molar-refractivity contribution in [1.29, 1.82) is 0 Å². The van der Waals surface area contributed by atoms with Gasteiger partial charge in [0.15, 0.2) is 5.58 Å². The molecular formula is C17H25N3O4. The van der Waals surface area contributed by atoms with Crippen molar-refractivity contribution in [3.8, 4) is 0 Å². The number of fused-ring (bicyclic) bond motifs is 1. The van der Waals surface area contributed by atoms with Gasteiger partial charge in [0.05, 0.1) is 5.52 Å². The first kappa shape index (κ1) is 18.1. The summed E-state index contributed by atoms with van der Waals surface area (Å²) in [4.78, 5) is 23.6. The molecule has 0 aliphatic carbocycles. The monoisotopic (exact) mass is 335 g/mol. The molecule has 3 N–H and O–H groups in total. The second-order valence-electron chi connectivity index (χ2n) is 6.10. The Bertz CT molecular complexity index is 759. The lowest BCUT2D eigenvalue weighted by atomic mass is 9.79. The molecule has 7 nitrogen and oxygen atoms in total. The molecule has 0 aliphatic rings. The maximum atomic E-state index is 12.1. The number of carbonyl (C=O) groups excluding carboxylic acids is 1. The molecule has 0 saturated carbocycles. The number of aryl methyl sites for hydroxylation is 1. The number of rotatable bonds is 7. The van der Waals surface area contributed by atoms with Gasteiger partial charge in [0, 0.05) is 32.0 Å². The standard InChI is InChI=1S/C17H25N3O4/c1-4-17(5-2,8-9-21)11-18-15(22)19-12-6-7-13-14(10-12)24-16(23)20(13)3/h6-7,10,21H,4-5,8-9,11H2,1-3H3,(H2,18,19,22). The number of carbonyl (C=O) groups is 1. The number of nitrogens with zero attached hydrogens (tertiary/aromatic N) is 1. The van der Waals surface area contributed by atoms with Crippen molar-refractivity contribution in [2.24, 2.45) is 12.5 Å². The first-order valence-corrected chi connectivity index (χ1v) is 8.20. The van der Waals surface area contributed by atoms with Crippen LogP contribution in [-0.4, -0.2) is 28.9 Å². The van der Waals surface area contributed by atoms with E-state index in [0.29, 0.717) is 29.8 Å². The number of nitrogens with one attached hydrogen (secondary N) is 2. The summed E-state index contributed by atoms with van der Waals surface area (Å²) in [7, 11) is 1.63. The normalized spacial score (nSPS) is 11.7. The number of hydrogen-bond donors (Lipinski definition) is 3. The van der Waals surface area contributed by atoms with Crippen LogP contribution in [0.25, 0.3) is 11.1 Å². The lowest BCUT2D eigenvalue weighted by Crippen LogP contribution is -2.39. The van der Waals surface area contributed by atoms with Gasteiger partial charge in [0.25, 0.3) is 0 Å². The Balaban J connectivity index is 2.03. The number of aliphatic hydroxyl groups excluding tert-OH is 1. The highest BCUT2D eigenvalue weighted by Crippen LogP contribution is 2.29. The first-order chi connectivity index (χ1) is 11.4. The maximum absolute atomic E-state index is 12.1. The highest BCUT2D eigenvalue weighted by Gasteiger charge is 2.26. The number of aliphatic hydroxyl groups is 1. The zero-order valence-electron chi connectivity index (χ0n) is 14.4. The number of oxazole rings is 1. The number of aromatic nitrogens is 1. The minimum atomic E-state index is -0.439. The number of amides is 2. The van der Waals surface area contributed by atoms with Crippen molar-refractivity contribution in [2.45, 2.75) is 33.1 Å². The highest BCUT2D eigenvalue weighted by molar-refractivity contribution is 5.91. The molecule has 0 radical (unpaired) electrons. The Morgan fingerprint density at radius 2 is 2.04 bits per heavy atom. The lowest BCUT2D eigenvalue weighted by molar-refractivity contribution is 0.165. The topological polar surface area (TPSA) is 96.5 Å². The van der Waals surface area contributed by atoms with Crippen LogP contribution in [0, 0.1) is 5.41 Å². The van der Waals surface area contributed by atoms with Crippen molar-refractivity contribution in [1.82, 2.24) is 9.88 Å². The van der Waals surface area contributed by atoms with Gasteiger partial charge in [-0.3, -0.25) is 4.57 Å². The van der Waals surface area contributed by atoms with Crippen LogP contribution in [0.4, 0.5) is 10.5 Å². The molecule has 2 amide bonds. The Morgan fingerprint density at radius 3 is 2.67 bits per heavy atom. The molecule has 0 spiro atoms. The van der Waals surface area contributed by atoms with Crippen molar-refractivity contribution < 1.29 is 14.3 Å². The molecule has 0 fully saturated rings. The van der Waals surface area contributed by atoms with Gasteiger partial charge in [0.2, 0.25) is 0 Å². The summed E-state index contributed by atoms with van der Waals surface area (Å²) in [6.07, 6.45) is 2.42. The molecule has 1 heterocycles.